The fourth-order valence-electron chi connectivity index (χ4n) is 3.31. The first-order valence-corrected chi connectivity index (χ1v) is 10.6. The summed E-state index contributed by atoms with van der Waals surface area (Å²) in [6, 6.07) is 14.1. The third-order valence-electron chi connectivity index (χ3n) is 4.88. The number of aromatic nitrogens is 4. The van der Waals surface area contributed by atoms with E-state index in [4.69, 9.17) is 4.74 Å². The lowest BCUT2D eigenvalue weighted by Crippen LogP contribution is -2.27. The molecule has 0 aliphatic rings. The van der Waals surface area contributed by atoms with Crippen molar-refractivity contribution in [3.05, 3.63) is 59.4 Å². The number of fused-ring (bicyclic) bond motifs is 2. The zero-order chi connectivity index (χ0) is 21.3. The molecule has 0 radical (unpaired) electrons. The number of hydrogen-bond donors (Lipinski definition) is 0. The van der Waals surface area contributed by atoms with Crippen LogP contribution in [-0.2, 0) is 11.3 Å². The summed E-state index contributed by atoms with van der Waals surface area (Å²) < 4.78 is 6.97. The van der Waals surface area contributed by atoms with Gasteiger partial charge in [-0.15, -0.1) is 5.10 Å². The van der Waals surface area contributed by atoms with Gasteiger partial charge in [0.15, 0.2) is 0 Å². The van der Waals surface area contributed by atoms with Crippen LogP contribution in [-0.4, -0.2) is 50.3 Å². The van der Waals surface area contributed by atoms with Gasteiger partial charge in [-0.25, -0.2) is 9.50 Å². The Morgan fingerprint density at radius 3 is 2.67 bits per heavy atom. The van der Waals surface area contributed by atoms with Crippen LogP contribution in [0.1, 0.15) is 17.0 Å². The van der Waals surface area contributed by atoms with Gasteiger partial charge in [0.1, 0.15) is 5.75 Å². The predicted octanol–water partition coefficient (Wildman–Crippen LogP) is 3.65. The van der Waals surface area contributed by atoms with Crippen molar-refractivity contribution in [2.75, 3.05) is 19.9 Å². The third kappa shape index (κ3) is 4.23. The maximum Gasteiger partial charge on any atom is 0.253 e. The number of hydrogen-bond acceptors (Lipinski definition) is 6. The number of benzene rings is 2. The lowest BCUT2D eigenvalue weighted by molar-refractivity contribution is -0.127. The summed E-state index contributed by atoms with van der Waals surface area (Å²) in [6.07, 6.45) is 0. The first-order valence-electron chi connectivity index (χ1n) is 9.57. The summed E-state index contributed by atoms with van der Waals surface area (Å²) in [6.45, 7) is 4.43. The molecule has 0 saturated carbocycles. The molecule has 0 atom stereocenters. The Labute approximate surface area is 179 Å². The summed E-state index contributed by atoms with van der Waals surface area (Å²) in [5.41, 5.74) is 2.94. The van der Waals surface area contributed by atoms with Crippen LogP contribution >= 0.6 is 11.8 Å². The van der Waals surface area contributed by atoms with Gasteiger partial charge in [-0.3, -0.25) is 4.79 Å². The van der Waals surface area contributed by atoms with E-state index >= 15 is 0 Å². The van der Waals surface area contributed by atoms with E-state index in [9.17, 15) is 4.79 Å². The molecule has 4 rings (SSSR count). The van der Waals surface area contributed by atoms with Crippen LogP contribution in [0.25, 0.3) is 16.6 Å². The molecule has 0 bridgehead atoms. The Morgan fingerprint density at radius 1 is 1.10 bits per heavy atom. The van der Waals surface area contributed by atoms with Crippen molar-refractivity contribution in [3.8, 4) is 5.75 Å². The Kier molecular flexibility index (Phi) is 5.59. The van der Waals surface area contributed by atoms with E-state index in [0.29, 0.717) is 17.5 Å². The second-order valence-corrected chi connectivity index (χ2v) is 8.17. The van der Waals surface area contributed by atoms with E-state index in [2.05, 4.69) is 27.2 Å². The Morgan fingerprint density at radius 2 is 1.87 bits per heavy atom. The van der Waals surface area contributed by atoms with E-state index < -0.39 is 0 Å². The maximum absolute atomic E-state index is 12.6. The molecule has 4 aromatic rings. The predicted molar refractivity (Wildman–Crippen MR) is 118 cm³/mol. The monoisotopic (exact) mass is 421 g/mol. The van der Waals surface area contributed by atoms with Crippen molar-refractivity contribution in [1.29, 1.82) is 0 Å². The van der Waals surface area contributed by atoms with Crippen molar-refractivity contribution in [2.24, 2.45) is 0 Å². The quantitative estimate of drug-likeness (QED) is 0.443. The van der Waals surface area contributed by atoms with Crippen molar-refractivity contribution in [3.63, 3.8) is 0 Å². The Hall–Kier alpha value is -3.13. The third-order valence-corrected chi connectivity index (χ3v) is 5.70. The molecule has 2 aromatic heterocycles. The Balaban J connectivity index is 1.40. The van der Waals surface area contributed by atoms with Crippen molar-refractivity contribution in [2.45, 2.75) is 25.5 Å². The number of ether oxygens (including phenoxy) is 1. The molecule has 0 saturated heterocycles. The van der Waals surface area contributed by atoms with E-state index in [0.717, 1.165) is 33.5 Å². The van der Waals surface area contributed by atoms with Gasteiger partial charge >= 0.3 is 0 Å². The van der Waals surface area contributed by atoms with Crippen molar-refractivity contribution in [1.82, 2.24) is 24.5 Å². The highest BCUT2D eigenvalue weighted by Gasteiger charge is 2.14. The zero-order valence-electron chi connectivity index (χ0n) is 17.4. The average molecular weight is 422 g/mol. The summed E-state index contributed by atoms with van der Waals surface area (Å²) in [5, 5.41) is 7.23. The fourth-order valence-corrected chi connectivity index (χ4v) is 4.06. The first kappa shape index (κ1) is 20.2. The number of aryl methyl sites for hydroxylation is 2. The molecule has 30 heavy (non-hydrogen) atoms. The Bertz CT molecular complexity index is 1240. The smallest absolute Gasteiger partial charge is 0.253 e. The van der Waals surface area contributed by atoms with E-state index in [-0.39, 0.29) is 11.7 Å². The van der Waals surface area contributed by atoms with Gasteiger partial charge in [-0.05, 0) is 54.4 Å². The molecule has 0 aliphatic carbocycles. The van der Waals surface area contributed by atoms with Crippen LogP contribution in [0.5, 0.6) is 5.75 Å². The number of rotatable bonds is 6. The van der Waals surface area contributed by atoms with Gasteiger partial charge in [0.2, 0.25) is 11.1 Å². The van der Waals surface area contributed by atoms with Crippen LogP contribution < -0.4 is 4.74 Å². The van der Waals surface area contributed by atoms with Gasteiger partial charge in [-0.1, -0.05) is 30.0 Å². The number of nitrogens with zero attached hydrogens (tertiary/aromatic N) is 5. The summed E-state index contributed by atoms with van der Waals surface area (Å²) in [7, 11) is 3.47. The molecule has 8 heteroatoms. The zero-order valence-corrected chi connectivity index (χ0v) is 18.2. The van der Waals surface area contributed by atoms with Crippen LogP contribution in [0.2, 0.25) is 0 Å². The SMILES string of the molecule is COc1ccc2cc(CN(C)C(=O)CSc3nc4nc(C)cc(C)n4n3)ccc2c1. The number of thioether (sulfide) groups is 1. The maximum atomic E-state index is 12.6. The van der Waals surface area contributed by atoms with Crippen LogP contribution in [0.15, 0.2) is 47.6 Å². The van der Waals surface area contributed by atoms with Gasteiger partial charge in [0, 0.05) is 25.0 Å². The highest BCUT2D eigenvalue weighted by molar-refractivity contribution is 7.99. The van der Waals surface area contributed by atoms with E-state index in [1.165, 1.54) is 11.8 Å². The molecule has 7 nitrogen and oxygen atoms in total. The summed E-state index contributed by atoms with van der Waals surface area (Å²) >= 11 is 1.33. The molecule has 154 valence electrons. The van der Waals surface area contributed by atoms with E-state index in [1.54, 1.807) is 16.5 Å². The summed E-state index contributed by atoms with van der Waals surface area (Å²) in [4.78, 5) is 23.1. The minimum Gasteiger partial charge on any atom is -0.497 e. The molecule has 2 heterocycles. The normalized spacial score (nSPS) is 11.2. The second kappa shape index (κ2) is 8.31. The molecule has 0 spiro atoms. The van der Waals surface area contributed by atoms with Gasteiger partial charge < -0.3 is 9.64 Å². The molecule has 0 fully saturated rings. The first-order chi connectivity index (χ1) is 14.4. The highest BCUT2D eigenvalue weighted by atomic mass is 32.2. The van der Waals surface area contributed by atoms with Crippen LogP contribution in [0.3, 0.4) is 0 Å². The van der Waals surface area contributed by atoms with Crippen molar-refractivity contribution < 1.29 is 9.53 Å². The minimum atomic E-state index is 0.0227. The van der Waals surface area contributed by atoms with Crippen LogP contribution in [0.4, 0.5) is 0 Å². The highest BCUT2D eigenvalue weighted by Crippen LogP contribution is 2.23. The number of carbonyl (C=O) groups is 1. The largest absolute Gasteiger partial charge is 0.497 e. The lowest BCUT2D eigenvalue weighted by atomic mass is 10.1. The molecule has 0 aliphatic heterocycles. The number of amides is 1. The minimum absolute atomic E-state index is 0.0227. The van der Waals surface area contributed by atoms with E-state index in [1.807, 2.05) is 51.2 Å². The average Bonchev–Trinajstić information content (AvgIpc) is 3.14. The fraction of sp³-hybridized carbons (Fsp3) is 0.273. The number of methoxy groups -OCH3 is 1. The summed E-state index contributed by atoms with van der Waals surface area (Å²) in [5.74, 6) is 1.69. The lowest BCUT2D eigenvalue weighted by Gasteiger charge is -2.17. The molecule has 0 N–H and O–H groups in total. The topological polar surface area (TPSA) is 72.6 Å². The van der Waals surface area contributed by atoms with Crippen LogP contribution in [0, 0.1) is 13.8 Å². The molecular formula is C22H23N5O2S. The standard InChI is InChI=1S/C22H23N5O2S/c1-14-9-15(2)27-21(23-14)24-22(25-27)30-13-20(28)26(3)12-16-5-6-18-11-19(29-4)8-7-17(18)10-16/h5-11H,12-13H2,1-4H3. The molecule has 1 amide bonds. The molecular weight excluding hydrogens is 398 g/mol. The van der Waals surface area contributed by atoms with Gasteiger partial charge in [0.25, 0.3) is 5.78 Å². The molecule has 0 unspecified atom stereocenters. The number of carbonyl (C=O) groups excluding carboxylic acids is 1. The van der Waals surface area contributed by atoms with Gasteiger partial charge in [0.05, 0.1) is 12.9 Å². The van der Waals surface area contributed by atoms with Gasteiger partial charge in [-0.2, -0.15) is 4.98 Å². The van der Waals surface area contributed by atoms with Crippen molar-refractivity contribution >= 4 is 34.2 Å². The molecule has 2 aromatic carbocycles. The second-order valence-electron chi connectivity index (χ2n) is 7.23.